The van der Waals surface area contributed by atoms with Gasteiger partial charge in [-0.2, -0.15) is 0 Å². The van der Waals surface area contributed by atoms with Crippen LogP contribution in [0.15, 0.2) is 0 Å². The maximum atomic E-state index is 2.71. The summed E-state index contributed by atoms with van der Waals surface area (Å²) in [5.41, 5.74) is 0. The van der Waals surface area contributed by atoms with Crippen LogP contribution < -0.4 is 12.3 Å². The summed E-state index contributed by atoms with van der Waals surface area (Å²) >= 11 is 2.71. The molecule has 0 bridgehead atoms. The first-order valence-electron chi connectivity index (χ1n) is 0.455. The minimum atomic E-state index is 0. The Labute approximate surface area is 46.1 Å². The molecule has 0 amide bonds. The Hall–Kier alpha value is 1.40. The predicted molar refractivity (Wildman–Crippen MR) is 22.3 cm³/mol. The average molecular weight is 196 g/mol. The third-order valence-corrected chi connectivity index (χ3v) is 0. The second-order valence-corrected chi connectivity index (χ2v) is 5.12. The van der Waals surface area contributed by atoms with E-state index in [1.165, 1.54) is 0 Å². The average Bonchev–Trinajstić information content (AvgIpc) is 0.918. The van der Waals surface area contributed by atoms with Crippen molar-refractivity contribution in [2.24, 2.45) is 0 Å². The molecule has 0 aromatic carbocycles. The van der Waals surface area contributed by atoms with E-state index in [0.717, 1.165) is 6.60 Å². The Bertz CT molecular complexity index is 7.61. The molecule has 0 aliphatic heterocycles. The number of hydrogen-bond acceptors (Lipinski definition) is 0. The summed E-state index contributed by atoms with van der Waals surface area (Å²) < 4.78 is 0. The van der Waals surface area contributed by atoms with Gasteiger partial charge in [0.05, 0.1) is 0 Å². The number of nitrogens with zero attached hydrogens (tertiary/aromatic N) is 2. The molecular formula is H3N2P2Rh. The molecule has 0 aromatic heterocycles. The Morgan fingerprint density at radius 3 is 1.40 bits per heavy atom. The first-order valence-corrected chi connectivity index (χ1v) is 5.56. The van der Waals surface area contributed by atoms with Crippen molar-refractivity contribution in [2.75, 3.05) is 0 Å². The van der Waals surface area contributed by atoms with E-state index in [1.807, 2.05) is 0 Å². The Balaban J connectivity index is -0.0000000200. The molecule has 0 saturated carbocycles. The molecule has 0 spiro atoms. The first kappa shape index (κ1) is 16.1. The monoisotopic (exact) mass is 196 g/mol. The fraction of sp³-hybridized carbons (Fsp3) is 0. The predicted octanol–water partition coefficient (Wildman–Crippen LogP) is -0.0444. The van der Waals surface area contributed by atoms with Gasteiger partial charge in [-0.15, -0.1) is 0 Å². The fourth-order valence-corrected chi connectivity index (χ4v) is 0. The summed E-state index contributed by atoms with van der Waals surface area (Å²) in [5, 5.41) is 0. The standard InChI is InChI=1S/2N.H3P2.Rh/c;;1-2;/h;;1H,2H2;/q;;-1;+1. The van der Waals surface area contributed by atoms with Crippen LogP contribution in [-0.2, 0) is 17.8 Å². The molecule has 2 atom stereocenters. The third-order valence-electron chi connectivity index (χ3n) is 0. The molecule has 2 unspecified atom stereocenters. The van der Waals surface area contributed by atoms with Crippen LogP contribution in [-0.4, -0.2) is 0 Å². The fourth-order valence-electron chi connectivity index (χ4n) is 0. The Morgan fingerprint density at radius 2 is 1.40 bits per heavy atom. The zero-order valence-electron chi connectivity index (χ0n) is 2.31. The van der Waals surface area contributed by atoms with E-state index < -0.39 is 0 Å². The molecule has 32 valence electrons. The van der Waals surface area contributed by atoms with Gasteiger partial charge >= 0.3 is 33.4 Å². The smallest absolute Gasteiger partial charge is 0 e. The first-order chi connectivity index (χ1) is 1.41. The van der Waals surface area contributed by atoms with E-state index in [1.54, 1.807) is 0 Å². The molecular weight excluding hydrogens is 193 g/mol. The van der Waals surface area contributed by atoms with Gasteiger partial charge in [-0.05, 0) is 0 Å². The van der Waals surface area contributed by atoms with E-state index in [2.05, 4.69) is 26.7 Å². The minimum Gasteiger partial charge on any atom is 0 e. The second-order valence-electron chi connectivity index (χ2n) is 0.0962. The van der Waals surface area contributed by atoms with E-state index in [-0.39, 0.29) is 12.3 Å². The van der Waals surface area contributed by atoms with Gasteiger partial charge in [0.25, 0.3) is 0 Å². The molecule has 0 N–H and O–H groups in total. The van der Waals surface area contributed by atoms with E-state index in [9.17, 15) is 0 Å². The van der Waals surface area contributed by atoms with Gasteiger partial charge in [0.1, 0.15) is 0 Å². The zero-order valence-corrected chi connectivity index (χ0v) is 6.10. The Kier molecular flexibility index (Phi) is 58.6. The van der Waals surface area contributed by atoms with Crippen molar-refractivity contribution in [2.45, 2.75) is 0 Å². The molecule has 0 aromatic rings. The summed E-state index contributed by atoms with van der Waals surface area (Å²) in [5.74, 6) is 0. The molecule has 2 nitrogen and oxygen atoms in total. The maximum absolute atomic E-state index is 2.71. The van der Waals surface area contributed by atoms with Crippen molar-refractivity contribution in [3.8, 4) is 0 Å². The van der Waals surface area contributed by atoms with Crippen LogP contribution >= 0.6 is 15.5 Å². The van der Waals surface area contributed by atoms with Gasteiger partial charge < -0.3 is 0 Å². The summed E-state index contributed by atoms with van der Waals surface area (Å²) in [6.07, 6.45) is 0. The molecule has 0 aliphatic rings. The molecule has 5 heavy (non-hydrogen) atoms. The van der Waals surface area contributed by atoms with Crippen molar-refractivity contribution in [3.05, 3.63) is 0 Å². The van der Waals surface area contributed by atoms with Gasteiger partial charge in [-0.3, -0.25) is 0 Å². The van der Waals surface area contributed by atoms with Gasteiger partial charge in [0.15, 0.2) is 0 Å². The summed E-state index contributed by atoms with van der Waals surface area (Å²) in [6, 6.07) is 0. The van der Waals surface area contributed by atoms with Crippen molar-refractivity contribution in [1.29, 1.82) is 0 Å². The Morgan fingerprint density at radius 1 is 1.40 bits per heavy atom. The van der Waals surface area contributed by atoms with Gasteiger partial charge in [0.2, 0.25) is 0 Å². The number of rotatable bonds is 0. The molecule has 0 fully saturated rings. The summed E-state index contributed by atoms with van der Waals surface area (Å²) in [7, 11) is 2.56. The van der Waals surface area contributed by atoms with E-state index >= 15 is 0 Å². The van der Waals surface area contributed by atoms with Crippen LogP contribution in [0.25, 0.3) is 0 Å². The third kappa shape index (κ3) is 31.8. The van der Waals surface area contributed by atoms with E-state index in [4.69, 9.17) is 0 Å². The summed E-state index contributed by atoms with van der Waals surface area (Å²) in [6.45, 7) is 0.890. The number of hydrogen-bond donors (Lipinski definition) is 0. The van der Waals surface area contributed by atoms with Crippen LogP contribution in [0.4, 0.5) is 0 Å². The van der Waals surface area contributed by atoms with Crippen molar-refractivity contribution < 1.29 is 17.8 Å². The largest absolute Gasteiger partial charge is 0 e. The van der Waals surface area contributed by atoms with Crippen molar-refractivity contribution in [3.63, 3.8) is 0 Å². The maximum Gasteiger partial charge on any atom is 0 e. The normalized spacial score (nSPS) is 6.20. The quantitative estimate of drug-likeness (QED) is 0.385. The minimum absolute atomic E-state index is 0. The van der Waals surface area contributed by atoms with Gasteiger partial charge in [-0.1, -0.05) is 0 Å². The van der Waals surface area contributed by atoms with Crippen LogP contribution in [0.5, 0.6) is 0 Å². The summed E-state index contributed by atoms with van der Waals surface area (Å²) in [4.78, 5) is 0. The van der Waals surface area contributed by atoms with Crippen LogP contribution in [0.3, 0.4) is 0 Å². The topological polar surface area (TPSA) is 61.0 Å². The van der Waals surface area contributed by atoms with Crippen molar-refractivity contribution >= 4 is 15.5 Å². The molecule has 0 saturated heterocycles. The van der Waals surface area contributed by atoms with Crippen molar-refractivity contribution in [1.82, 2.24) is 12.3 Å². The van der Waals surface area contributed by atoms with Crippen LogP contribution in [0, 0.1) is 0 Å². The van der Waals surface area contributed by atoms with Crippen LogP contribution in [0.2, 0.25) is 0 Å². The molecule has 5 heteroatoms. The molecule has 0 aliphatic carbocycles. The molecule has 0 heterocycles. The SMILES string of the molecule is P[PH][Rh].[N].[N]. The molecule has 6 radical (unpaired) electrons. The van der Waals surface area contributed by atoms with Gasteiger partial charge in [-0.25, -0.2) is 0 Å². The van der Waals surface area contributed by atoms with Gasteiger partial charge in [0, 0.05) is 12.3 Å². The second kappa shape index (κ2) is 18.1. The van der Waals surface area contributed by atoms with Crippen LogP contribution in [0.1, 0.15) is 0 Å². The molecule has 0 rings (SSSR count). The zero-order chi connectivity index (χ0) is 2.71. The van der Waals surface area contributed by atoms with E-state index in [0.29, 0.717) is 0 Å².